The second kappa shape index (κ2) is 8.07. The highest BCUT2D eigenvalue weighted by Gasteiger charge is 2.16. The number of benzene rings is 1. The minimum Gasteiger partial charge on any atom is -0.497 e. The fraction of sp³-hybridized carbons (Fsp3) is 0.167. The largest absolute Gasteiger partial charge is 0.497 e. The van der Waals surface area contributed by atoms with Crippen molar-refractivity contribution in [1.29, 1.82) is 0 Å². The van der Waals surface area contributed by atoms with Gasteiger partial charge in [0.05, 0.1) is 35.6 Å². The summed E-state index contributed by atoms with van der Waals surface area (Å²) in [6.07, 6.45) is 4.61. The van der Waals surface area contributed by atoms with Gasteiger partial charge >= 0.3 is 0 Å². The zero-order chi connectivity index (χ0) is 19.4. The number of hydrogen-bond acceptors (Lipinski definition) is 6. The van der Waals surface area contributed by atoms with Crippen LogP contribution in [0.2, 0.25) is 5.02 Å². The Kier molecular flexibility index (Phi) is 5.58. The van der Waals surface area contributed by atoms with Gasteiger partial charge in [-0.25, -0.2) is 4.98 Å². The maximum Gasteiger partial charge on any atom is 0.259 e. The number of nitrogens with zero attached hydrogens (tertiary/aromatic N) is 3. The molecule has 5 N–H and O–H groups in total. The summed E-state index contributed by atoms with van der Waals surface area (Å²) in [5.74, 6) is 0.406. The highest BCUT2D eigenvalue weighted by Crippen LogP contribution is 2.23. The van der Waals surface area contributed by atoms with Crippen molar-refractivity contribution in [3.63, 3.8) is 0 Å². The molecule has 2 aromatic heterocycles. The van der Waals surface area contributed by atoms with Crippen molar-refractivity contribution in [2.75, 3.05) is 24.7 Å². The van der Waals surface area contributed by atoms with E-state index in [9.17, 15) is 4.79 Å². The lowest BCUT2D eigenvalue weighted by Crippen LogP contribution is -2.21. The smallest absolute Gasteiger partial charge is 0.259 e. The first kappa shape index (κ1) is 18.7. The molecule has 1 aromatic carbocycles. The highest BCUT2D eigenvalue weighted by atomic mass is 35.5. The molecule has 0 saturated heterocycles. The van der Waals surface area contributed by atoms with Crippen LogP contribution < -0.4 is 21.5 Å². The van der Waals surface area contributed by atoms with Crippen LogP contribution in [0.25, 0.3) is 0 Å². The lowest BCUT2D eigenvalue weighted by atomic mass is 10.1. The monoisotopic (exact) mass is 386 g/mol. The van der Waals surface area contributed by atoms with Crippen molar-refractivity contribution in [3.8, 4) is 5.75 Å². The molecule has 1 atom stereocenters. The third-order valence-corrected chi connectivity index (χ3v) is 4.22. The predicted molar refractivity (Wildman–Crippen MR) is 104 cm³/mol. The normalized spacial score (nSPS) is 11.8. The highest BCUT2D eigenvalue weighted by molar-refractivity contribution is 6.31. The topological polar surface area (TPSA) is 121 Å². The van der Waals surface area contributed by atoms with Crippen molar-refractivity contribution >= 4 is 29.0 Å². The number of ether oxygens (including phenoxy) is 1. The molecule has 3 rings (SSSR count). The van der Waals surface area contributed by atoms with Gasteiger partial charge in [-0.15, -0.1) is 0 Å². The van der Waals surface area contributed by atoms with Gasteiger partial charge in [-0.2, -0.15) is 5.10 Å². The summed E-state index contributed by atoms with van der Waals surface area (Å²) >= 11 is 5.88. The Balaban J connectivity index is 1.80. The lowest BCUT2D eigenvalue weighted by Gasteiger charge is -2.16. The van der Waals surface area contributed by atoms with E-state index in [-0.39, 0.29) is 17.4 Å². The van der Waals surface area contributed by atoms with Crippen LogP contribution in [0.4, 0.5) is 11.5 Å². The minimum atomic E-state index is -0.423. The molecule has 140 valence electrons. The Bertz CT molecular complexity index is 959. The average molecular weight is 387 g/mol. The Labute approximate surface area is 161 Å². The van der Waals surface area contributed by atoms with E-state index in [0.29, 0.717) is 17.3 Å². The van der Waals surface area contributed by atoms with Gasteiger partial charge in [0.25, 0.3) is 5.91 Å². The molecule has 2 heterocycles. The molecular formula is C18H19ClN6O2. The summed E-state index contributed by atoms with van der Waals surface area (Å²) in [7, 11) is 1.61. The third kappa shape index (κ3) is 4.18. The summed E-state index contributed by atoms with van der Waals surface area (Å²) < 4.78 is 6.94. The number of nitrogens with one attached hydrogen (secondary N) is 1. The summed E-state index contributed by atoms with van der Waals surface area (Å²) in [6.45, 7) is 0.327. The van der Waals surface area contributed by atoms with Gasteiger partial charge in [0.1, 0.15) is 11.6 Å². The van der Waals surface area contributed by atoms with E-state index < -0.39 is 5.91 Å². The molecule has 0 radical (unpaired) electrons. The fourth-order valence-electron chi connectivity index (χ4n) is 2.65. The number of rotatable bonds is 6. The van der Waals surface area contributed by atoms with Crippen LogP contribution >= 0.6 is 11.6 Å². The molecule has 1 unspecified atom stereocenters. The molecule has 0 spiro atoms. The van der Waals surface area contributed by atoms with Crippen molar-refractivity contribution in [2.24, 2.45) is 5.73 Å². The number of hydrogen-bond donors (Lipinski definition) is 3. The van der Waals surface area contributed by atoms with Gasteiger partial charge in [-0.1, -0.05) is 23.7 Å². The van der Waals surface area contributed by atoms with E-state index in [0.717, 1.165) is 11.3 Å². The van der Waals surface area contributed by atoms with E-state index >= 15 is 0 Å². The molecular weight excluding hydrogens is 368 g/mol. The quantitative estimate of drug-likeness (QED) is 0.597. The van der Waals surface area contributed by atoms with Crippen LogP contribution in [0.5, 0.6) is 5.75 Å². The first-order chi connectivity index (χ1) is 13.0. The summed E-state index contributed by atoms with van der Waals surface area (Å²) in [5.41, 5.74) is 13.3. The van der Waals surface area contributed by atoms with Gasteiger partial charge in [-0.05, 0) is 23.8 Å². The molecule has 9 heteroatoms. The van der Waals surface area contributed by atoms with E-state index in [1.54, 1.807) is 18.0 Å². The molecule has 0 aliphatic carbocycles. The number of methoxy groups -OCH3 is 1. The third-order valence-electron chi connectivity index (χ3n) is 4.01. The van der Waals surface area contributed by atoms with Crippen LogP contribution in [0, 0.1) is 0 Å². The maximum atomic E-state index is 12.4. The van der Waals surface area contributed by atoms with E-state index in [2.05, 4.69) is 15.4 Å². The molecule has 8 nitrogen and oxygen atoms in total. The van der Waals surface area contributed by atoms with Crippen molar-refractivity contribution in [1.82, 2.24) is 14.8 Å². The van der Waals surface area contributed by atoms with Crippen LogP contribution in [0.15, 0.2) is 48.9 Å². The number of carbonyl (C=O) groups is 1. The van der Waals surface area contributed by atoms with Gasteiger partial charge in [0.2, 0.25) is 0 Å². The summed E-state index contributed by atoms with van der Waals surface area (Å²) in [5, 5.41) is 7.37. The van der Waals surface area contributed by atoms with Crippen LogP contribution in [0.1, 0.15) is 22.0 Å². The number of nitrogen functional groups attached to an aromatic ring is 1. The molecule has 0 aliphatic rings. The molecule has 3 aromatic rings. The molecule has 0 bridgehead atoms. The fourth-order valence-corrected chi connectivity index (χ4v) is 2.81. The summed E-state index contributed by atoms with van der Waals surface area (Å²) in [4.78, 5) is 16.3. The van der Waals surface area contributed by atoms with Crippen LogP contribution in [-0.2, 0) is 0 Å². The second-order valence-corrected chi connectivity index (χ2v) is 6.21. The SMILES string of the molecule is COc1cccc(C(CN)n2cc(NC(=O)c3cc(Cl)cnc3N)cn2)c1. The molecule has 0 aliphatic heterocycles. The number of amides is 1. The van der Waals surface area contributed by atoms with Gasteiger partial charge in [0.15, 0.2) is 0 Å². The number of aromatic nitrogens is 3. The Morgan fingerprint density at radius 1 is 1.37 bits per heavy atom. The maximum absolute atomic E-state index is 12.4. The van der Waals surface area contributed by atoms with E-state index in [1.165, 1.54) is 18.5 Å². The van der Waals surface area contributed by atoms with Crippen LogP contribution in [-0.4, -0.2) is 34.3 Å². The lowest BCUT2D eigenvalue weighted by molar-refractivity contribution is 0.102. The first-order valence-electron chi connectivity index (χ1n) is 8.12. The Morgan fingerprint density at radius 2 is 2.19 bits per heavy atom. The van der Waals surface area contributed by atoms with Gasteiger partial charge in [0, 0.05) is 18.9 Å². The molecule has 0 saturated carbocycles. The Hall–Kier alpha value is -3.10. The zero-order valence-corrected chi connectivity index (χ0v) is 15.3. The van der Waals surface area contributed by atoms with Crippen molar-refractivity contribution in [3.05, 3.63) is 65.1 Å². The van der Waals surface area contributed by atoms with Crippen molar-refractivity contribution in [2.45, 2.75) is 6.04 Å². The zero-order valence-electron chi connectivity index (χ0n) is 14.6. The number of pyridine rings is 1. The molecule has 1 amide bonds. The van der Waals surface area contributed by atoms with Gasteiger partial charge < -0.3 is 21.5 Å². The number of carbonyl (C=O) groups excluding carboxylic acids is 1. The van der Waals surface area contributed by atoms with E-state index in [1.807, 2.05) is 24.3 Å². The van der Waals surface area contributed by atoms with Crippen molar-refractivity contribution < 1.29 is 9.53 Å². The minimum absolute atomic E-state index is 0.0977. The summed E-state index contributed by atoms with van der Waals surface area (Å²) in [6, 6.07) is 8.84. The molecule has 0 fully saturated rings. The van der Waals surface area contributed by atoms with Gasteiger partial charge in [-0.3, -0.25) is 9.48 Å². The number of nitrogens with two attached hydrogens (primary N) is 2. The van der Waals surface area contributed by atoms with E-state index in [4.69, 9.17) is 27.8 Å². The standard InChI is InChI=1S/C18H19ClN6O2/c1-27-14-4-2-3-11(5-14)16(7-20)25-10-13(9-23-25)24-18(26)15-6-12(19)8-22-17(15)21/h2-6,8-10,16H,7,20H2,1H3,(H2,21,22)(H,24,26). The Morgan fingerprint density at radius 3 is 2.93 bits per heavy atom. The second-order valence-electron chi connectivity index (χ2n) is 5.78. The van der Waals surface area contributed by atoms with Crippen LogP contribution in [0.3, 0.4) is 0 Å². The first-order valence-corrected chi connectivity index (χ1v) is 8.50. The number of halogens is 1. The number of anilines is 2. The average Bonchev–Trinajstić information content (AvgIpc) is 3.12. The predicted octanol–water partition coefficient (Wildman–Crippen LogP) is 2.32. The molecule has 27 heavy (non-hydrogen) atoms.